The number of hydrogen-bond donors (Lipinski definition) is 0. The van der Waals surface area contributed by atoms with E-state index in [4.69, 9.17) is 0 Å². The number of ketones is 1. The van der Waals surface area contributed by atoms with Crippen LogP contribution in [0.2, 0.25) is 0 Å². The highest BCUT2D eigenvalue weighted by Crippen LogP contribution is 2.21. The van der Waals surface area contributed by atoms with Gasteiger partial charge in [0.25, 0.3) is 0 Å². The van der Waals surface area contributed by atoms with Gasteiger partial charge in [-0.3, -0.25) is 9.48 Å². The highest BCUT2D eigenvalue weighted by molar-refractivity contribution is 6.33. The van der Waals surface area contributed by atoms with E-state index in [-0.39, 0.29) is 12.5 Å². The average Bonchev–Trinajstić information content (AvgIpc) is 2.98. The van der Waals surface area contributed by atoms with Gasteiger partial charge in [-0.05, 0) is 11.6 Å². The molecule has 2 aromatic rings. The van der Waals surface area contributed by atoms with Gasteiger partial charge in [0, 0.05) is 18.8 Å². The van der Waals surface area contributed by atoms with Crippen LogP contribution < -0.4 is 0 Å². The van der Waals surface area contributed by atoms with E-state index in [0.29, 0.717) is 0 Å². The maximum absolute atomic E-state index is 11.7. The number of aromatic nitrogens is 2. The number of benzene rings is 1. The van der Waals surface area contributed by atoms with Crippen LogP contribution in [0.4, 0.5) is 0 Å². The number of carbonyl (C=O) groups excluding carboxylic acids is 2. The molecule has 0 aliphatic carbocycles. The first-order chi connectivity index (χ1) is 9.22. The number of carbonyl (C=O) groups is 2. The van der Waals surface area contributed by atoms with Crippen LogP contribution in [0.15, 0.2) is 48.8 Å². The maximum atomic E-state index is 11.7. The smallest absolute Gasteiger partial charge is 0.374 e. The summed E-state index contributed by atoms with van der Waals surface area (Å²) in [6.07, 6.45) is 3.43. The highest BCUT2D eigenvalue weighted by Gasteiger charge is 2.23. The van der Waals surface area contributed by atoms with Crippen LogP contribution in [0, 0.1) is 0 Å². The average molecular weight is 258 g/mol. The molecule has 1 atom stereocenters. The van der Waals surface area contributed by atoms with Crippen LogP contribution in [-0.4, -0.2) is 28.6 Å². The zero-order valence-corrected chi connectivity index (χ0v) is 10.5. The minimum atomic E-state index is -0.826. The summed E-state index contributed by atoms with van der Waals surface area (Å²) in [5.74, 6) is -1.39. The lowest BCUT2D eigenvalue weighted by atomic mass is 10.0. The number of ether oxygens (including phenoxy) is 1. The summed E-state index contributed by atoms with van der Waals surface area (Å²) in [6.45, 7) is 0. The second-order valence-corrected chi connectivity index (χ2v) is 4.03. The van der Waals surface area contributed by atoms with Gasteiger partial charge in [0.05, 0.1) is 13.2 Å². The number of esters is 1. The van der Waals surface area contributed by atoms with E-state index in [1.54, 1.807) is 23.1 Å². The molecule has 0 aliphatic rings. The predicted molar refractivity (Wildman–Crippen MR) is 68.4 cm³/mol. The fraction of sp³-hybridized carbons (Fsp3) is 0.214. The molecule has 0 bridgehead atoms. The van der Waals surface area contributed by atoms with Crippen molar-refractivity contribution in [3.63, 3.8) is 0 Å². The lowest BCUT2D eigenvalue weighted by molar-refractivity contribution is -0.151. The molecule has 0 radical (unpaired) electrons. The maximum Gasteiger partial charge on any atom is 0.374 e. The molecule has 5 nitrogen and oxygen atoms in total. The van der Waals surface area contributed by atoms with Crippen molar-refractivity contribution in [2.45, 2.75) is 12.5 Å². The molecule has 0 N–H and O–H groups in total. The molecule has 2 rings (SSSR count). The summed E-state index contributed by atoms with van der Waals surface area (Å²) >= 11 is 0. The highest BCUT2D eigenvalue weighted by atomic mass is 16.5. The number of hydrogen-bond acceptors (Lipinski definition) is 4. The second-order valence-electron chi connectivity index (χ2n) is 4.03. The summed E-state index contributed by atoms with van der Waals surface area (Å²) in [6, 6.07) is 10.9. The Morgan fingerprint density at radius 2 is 2.00 bits per heavy atom. The first-order valence-electron chi connectivity index (χ1n) is 5.87. The topological polar surface area (TPSA) is 61.2 Å². The Bertz CT molecular complexity index is 549. The summed E-state index contributed by atoms with van der Waals surface area (Å²) in [7, 11) is 1.20. The van der Waals surface area contributed by atoms with Crippen molar-refractivity contribution in [3.8, 4) is 0 Å². The molecule has 98 valence electrons. The second kappa shape index (κ2) is 5.95. The molecule has 0 amide bonds. The predicted octanol–water partition coefficient (Wildman–Crippen LogP) is 1.60. The van der Waals surface area contributed by atoms with E-state index in [1.807, 2.05) is 30.3 Å². The summed E-state index contributed by atoms with van der Waals surface area (Å²) < 4.78 is 6.11. The third kappa shape index (κ3) is 3.07. The van der Waals surface area contributed by atoms with Gasteiger partial charge in [-0.15, -0.1) is 0 Å². The first kappa shape index (κ1) is 13.0. The molecular formula is C14H14N2O3. The van der Waals surface area contributed by atoms with Gasteiger partial charge < -0.3 is 4.74 Å². The molecule has 0 saturated carbocycles. The Kier molecular flexibility index (Phi) is 4.07. The third-order valence-electron chi connectivity index (χ3n) is 2.82. The van der Waals surface area contributed by atoms with E-state index >= 15 is 0 Å². The minimum absolute atomic E-state index is 0.0262. The monoisotopic (exact) mass is 258 g/mol. The quantitative estimate of drug-likeness (QED) is 0.603. The molecule has 0 saturated heterocycles. The molecule has 1 aromatic carbocycles. The van der Waals surface area contributed by atoms with Crippen molar-refractivity contribution >= 4 is 11.8 Å². The van der Waals surface area contributed by atoms with Crippen molar-refractivity contribution in [2.24, 2.45) is 0 Å². The van der Waals surface area contributed by atoms with Crippen LogP contribution in [0.5, 0.6) is 0 Å². The van der Waals surface area contributed by atoms with E-state index in [2.05, 4.69) is 9.84 Å². The van der Waals surface area contributed by atoms with Gasteiger partial charge in [0.1, 0.15) is 0 Å². The number of rotatable bonds is 5. The zero-order valence-electron chi connectivity index (χ0n) is 10.5. The lowest BCUT2D eigenvalue weighted by Crippen LogP contribution is -2.22. The minimum Gasteiger partial charge on any atom is -0.463 e. The van der Waals surface area contributed by atoms with Crippen LogP contribution in [-0.2, 0) is 14.3 Å². The van der Waals surface area contributed by atoms with Crippen LogP contribution in [0.1, 0.15) is 18.0 Å². The Labute approximate surface area is 110 Å². The normalized spacial score (nSPS) is 11.8. The van der Waals surface area contributed by atoms with Crippen molar-refractivity contribution in [3.05, 3.63) is 54.4 Å². The fourth-order valence-corrected chi connectivity index (χ4v) is 1.88. The van der Waals surface area contributed by atoms with Gasteiger partial charge in [-0.25, -0.2) is 4.79 Å². The SMILES string of the molecule is COC(=O)C(=O)CC(c1ccccc1)n1cccn1. The van der Waals surface area contributed by atoms with Crippen molar-refractivity contribution < 1.29 is 14.3 Å². The molecule has 1 heterocycles. The van der Waals surface area contributed by atoms with E-state index in [1.165, 1.54) is 7.11 Å². The summed E-state index contributed by atoms with van der Waals surface area (Å²) in [5.41, 5.74) is 0.920. The third-order valence-corrected chi connectivity index (χ3v) is 2.82. The standard InChI is InChI=1S/C14H14N2O3/c1-19-14(18)13(17)10-12(16-9-5-8-15-16)11-6-3-2-4-7-11/h2-9,12H,10H2,1H3. The summed E-state index contributed by atoms with van der Waals surface area (Å²) in [4.78, 5) is 23.0. The molecular weight excluding hydrogens is 244 g/mol. The van der Waals surface area contributed by atoms with Gasteiger partial charge in [0.2, 0.25) is 5.78 Å². The zero-order chi connectivity index (χ0) is 13.7. The lowest BCUT2D eigenvalue weighted by Gasteiger charge is -2.16. The number of Topliss-reactive ketones (excluding diaryl/α,β-unsaturated/α-hetero) is 1. The Hall–Kier alpha value is -2.43. The first-order valence-corrected chi connectivity index (χ1v) is 5.87. The van der Waals surface area contributed by atoms with Gasteiger partial charge in [-0.2, -0.15) is 5.10 Å². The number of nitrogens with zero attached hydrogens (tertiary/aromatic N) is 2. The molecule has 0 fully saturated rings. The van der Waals surface area contributed by atoms with E-state index in [9.17, 15) is 9.59 Å². The molecule has 1 aromatic heterocycles. The van der Waals surface area contributed by atoms with Crippen molar-refractivity contribution in [1.29, 1.82) is 0 Å². The molecule has 19 heavy (non-hydrogen) atoms. The van der Waals surface area contributed by atoms with Gasteiger partial charge in [-0.1, -0.05) is 30.3 Å². The van der Waals surface area contributed by atoms with Gasteiger partial charge in [0.15, 0.2) is 0 Å². The fourth-order valence-electron chi connectivity index (χ4n) is 1.88. The van der Waals surface area contributed by atoms with Crippen molar-refractivity contribution in [2.75, 3.05) is 7.11 Å². The van der Waals surface area contributed by atoms with Gasteiger partial charge >= 0.3 is 5.97 Å². The molecule has 0 spiro atoms. The van der Waals surface area contributed by atoms with E-state index in [0.717, 1.165) is 5.56 Å². The largest absolute Gasteiger partial charge is 0.463 e. The van der Waals surface area contributed by atoms with E-state index < -0.39 is 11.8 Å². The van der Waals surface area contributed by atoms with Crippen molar-refractivity contribution in [1.82, 2.24) is 9.78 Å². The molecule has 1 unspecified atom stereocenters. The molecule has 0 aliphatic heterocycles. The Morgan fingerprint density at radius 1 is 1.26 bits per heavy atom. The Morgan fingerprint density at radius 3 is 2.58 bits per heavy atom. The number of methoxy groups -OCH3 is 1. The van der Waals surface area contributed by atoms with Crippen LogP contribution in [0.3, 0.4) is 0 Å². The Balaban J connectivity index is 2.26. The molecule has 5 heteroatoms. The summed E-state index contributed by atoms with van der Waals surface area (Å²) in [5, 5.41) is 4.14. The van der Waals surface area contributed by atoms with Crippen LogP contribution in [0.25, 0.3) is 0 Å². The van der Waals surface area contributed by atoms with Crippen LogP contribution >= 0.6 is 0 Å².